The Morgan fingerprint density at radius 2 is 1.56 bits per heavy atom. The van der Waals surface area contributed by atoms with Crippen LogP contribution in [-0.4, -0.2) is 43.1 Å². The average molecular weight is 451 g/mol. The van der Waals surface area contributed by atoms with Gasteiger partial charge in [-0.25, -0.2) is 0 Å². The molecule has 0 fully saturated rings. The van der Waals surface area contributed by atoms with Gasteiger partial charge < -0.3 is 24.4 Å². The zero-order valence-corrected chi connectivity index (χ0v) is 18.4. The minimum absolute atomic E-state index is 0.136. The first-order chi connectivity index (χ1) is 15.5. The summed E-state index contributed by atoms with van der Waals surface area (Å²) in [6.07, 6.45) is -0.474. The summed E-state index contributed by atoms with van der Waals surface area (Å²) < 4.78 is 16.7. The summed E-state index contributed by atoms with van der Waals surface area (Å²) in [5.74, 6) is 0.754. The molecule has 0 unspecified atom stereocenters. The summed E-state index contributed by atoms with van der Waals surface area (Å²) in [5, 5.41) is 20.3. The first-order valence-corrected chi connectivity index (χ1v) is 10.7. The number of aromatic hydroxyl groups is 2. The Kier molecular flexibility index (Phi) is 6.41. The molecule has 0 saturated heterocycles. The molecule has 2 N–H and O–H groups in total. The second-order valence-corrected chi connectivity index (χ2v) is 8.15. The molecule has 3 aromatic carbocycles. The number of ketones is 1. The third-order valence-electron chi connectivity index (χ3n) is 5.06. The summed E-state index contributed by atoms with van der Waals surface area (Å²) in [7, 11) is 3.08. The van der Waals surface area contributed by atoms with Crippen LogP contribution < -0.4 is 4.74 Å². The number of ether oxygens (including phenoxy) is 3. The highest BCUT2D eigenvalue weighted by molar-refractivity contribution is 7.22. The zero-order valence-electron chi connectivity index (χ0n) is 17.6. The van der Waals surface area contributed by atoms with E-state index in [1.807, 2.05) is 0 Å². The van der Waals surface area contributed by atoms with Crippen LogP contribution in [0.15, 0.2) is 66.7 Å². The van der Waals surface area contributed by atoms with Crippen LogP contribution in [0, 0.1) is 0 Å². The van der Waals surface area contributed by atoms with Crippen LogP contribution in [0.2, 0.25) is 0 Å². The summed E-state index contributed by atoms with van der Waals surface area (Å²) in [6.45, 7) is 0.226. The van der Waals surface area contributed by atoms with Crippen molar-refractivity contribution >= 4 is 27.2 Å². The van der Waals surface area contributed by atoms with E-state index in [0.29, 0.717) is 16.9 Å². The van der Waals surface area contributed by atoms with Gasteiger partial charge in [0.1, 0.15) is 23.9 Å². The summed E-state index contributed by atoms with van der Waals surface area (Å²) in [6, 6.07) is 18.6. The molecule has 0 aliphatic carbocycles. The van der Waals surface area contributed by atoms with E-state index in [-0.39, 0.29) is 23.9 Å². The molecule has 7 heteroatoms. The van der Waals surface area contributed by atoms with Crippen LogP contribution in [0.5, 0.6) is 17.2 Å². The Hall–Kier alpha value is -3.39. The number of benzene rings is 3. The first kappa shape index (κ1) is 21.8. The number of fused-ring (bicyclic) bond motifs is 1. The number of thiophene rings is 1. The summed E-state index contributed by atoms with van der Waals surface area (Å²) in [4.78, 5) is 14.3. The standard InChI is InChI=1S/C25H22O6S/c1-29-22(30-2)14-31-19-10-5-15(6-11-19)24(28)23-20-12-9-18(27)13-21(20)32-25(23)16-3-7-17(26)8-4-16/h3-13,22,26-27H,14H2,1-2H3. The van der Waals surface area contributed by atoms with Crippen molar-refractivity contribution in [3.63, 3.8) is 0 Å². The van der Waals surface area contributed by atoms with Gasteiger partial charge in [0.2, 0.25) is 0 Å². The van der Waals surface area contributed by atoms with Gasteiger partial charge in [0.15, 0.2) is 12.1 Å². The maximum absolute atomic E-state index is 13.6. The number of methoxy groups -OCH3 is 2. The molecular formula is C25H22O6S. The topological polar surface area (TPSA) is 85.2 Å². The molecule has 0 aliphatic heterocycles. The van der Waals surface area contributed by atoms with Crippen LogP contribution >= 0.6 is 11.3 Å². The molecule has 164 valence electrons. The van der Waals surface area contributed by atoms with E-state index in [0.717, 1.165) is 20.5 Å². The number of hydrogen-bond acceptors (Lipinski definition) is 7. The molecule has 0 saturated carbocycles. The highest BCUT2D eigenvalue weighted by Crippen LogP contribution is 2.41. The predicted molar refractivity (Wildman–Crippen MR) is 124 cm³/mol. The van der Waals surface area contributed by atoms with Gasteiger partial charge in [-0.3, -0.25) is 4.79 Å². The lowest BCUT2D eigenvalue weighted by Crippen LogP contribution is -2.22. The highest BCUT2D eigenvalue weighted by Gasteiger charge is 2.22. The molecule has 1 heterocycles. The monoisotopic (exact) mass is 450 g/mol. The Balaban J connectivity index is 1.70. The Morgan fingerprint density at radius 1 is 0.906 bits per heavy atom. The fourth-order valence-corrected chi connectivity index (χ4v) is 4.61. The predicted octanol–water partition coefficient (Wildman–Crippen LogP) is 5.21. The number of hydrogen-bond donors (Lipinski definition) is 2. The minimum Gasteiger partial charge on any atom is -0.508 e. The van der Waals surface area contributed by atoms with Gasteiger partial charge >= 0.3 is 0 Å². The molecule has 0 spiro atoms. The van der Waals surface area contributed by atoms with Gasteiger partial charge in [-0.15, -0.1) is 11.3 Å². The lowest BCUT2D eigenvalue weighted by atomic mass is 9.97. The molecule has 0 aliphatic rings. The van der Waals surface area contributed by atoms with Gasteiger partial charge in [0.25, 0.3) is 0 Å². The SMILES string of the molecule is COC(COc1ccc(C(=O)c2c(-c3ccc(O)cc3)sc3cc(O)ccc23)cc1)OC. The molecule has 0 atom stereocenters. The molecule has 6 nitrogen and oxygen atoms in total. The fraction of sp³-hybridized carbons (Fsp3) is 0.160. The van der Waals surface area contributed by atoms with Crippen molar-refractivity contribution in [3.8, 4) is 27.7 Å². The third kappa shape index (κ3) is 4.45. The van der Waals surface area contributed by atoms with E-state index < -0.39 is 6.29 Å². The van der Waals surface area contributed by atoms with Crippen molar-refractivity contribution in [1.82, 2.24) is 0 Å². The molecule has 0 radical (unpaired) electrons. The van der Waals surface area contributed by atoms with Gasteiger partial charge in [-0.05, 0) is 72.3 Å². The summed E-state index contributed by atoms with van der Waals surface area (Å²) in [5.41, 5.74) is 1.89. The molecular weight excluding hydrogens is 428 g/mol. The molecule has 0 amide bonds. The molecule has 1 aromatic heterocycles. The van der Waals surface area contributed by atoms with Gasteiger partial charge in [-0.2, -0.15) is 0 Å². The number of phenolic OH excluding ortho intramolecular Hbond substituents is 2. The molecule has 4 rings (SSSR count). The van der Waals surface area contributed by atoms with Gasteiger partial charge in [0, 0.05) is 40.3 Å². The molecule has 0 bridgehead atoms. The lowest BCUT2D eigenvalue weighted by molar-refractivity contribution is -0.121. The normalized spacial score (nSPS) is 11.2. The van der Waals surface area contributed by atoms with Crippen LogP contribution in [0.1, 0.15) is 15.9 Å². The molecule has 4 aromatic rings. The maximum atomic E-state index is 13.6. The van der Waals surface area contributed by atoms with Crippen molar-refractivity contribution in [2.24, 2.45) is 0 Å². The van der Waals surface area contributed by atoms with Crippen molar-refractivity contribution in [3.05, 3.63) is 77.9 Å². The second-order valence-electron chi connectivity index (χ2n) is 7.10. The lowest BCUT2D eigenvalue weighted by Gasteiger charge is -2.14. The quantitative estimate of drug-likeness (QED) is 0.283. The summed E-state index contributed by atoms with van der Waals surface area (Å²) >= 11 is 1.42. The Labute approximate surface area is 189 Å². The van der Waals surface area contributed by atoms with Crippen LogP contribution in [0.4, 0.5) is 0 Å². The van der Waals surface area contributed by atoms with Gasteiger partial charge in [0.05, 0.1) is 0 Å². The van der Waals surface area contributed by atoms with Crippen LogP contribution in [0.25, 0.3) is 20.5 Å². The Bertz CT molecular complexity index is 1220. The maximum Gasteiger partial charge on any atom is 0.195 e. The number of rotatable bonds is 8. The Morgan fingerprint density at radius 3 is 2.22 bits per heavy atom. The van der Waals surface area contributed by atoms with Gasteiger partial charge in [-0.1, -0.05) is 0 Å². The van der Waals surface area contributed by atoms with Crippen LogP contribution in [0.3, 0.4) is 0 Å². The van der Waals surface area contributed by atoms with Crippen molar-refractivity contribution < 1.29 is 29.2 Å². The fourth-order valence-electron chi connectivity index (χ4n) is 3.37. The number of carbonyl (C=O) groups excluding carboxylic acids is 1. The zero-order chi connectivity index (χ0) is 22.7. The molecule has 32 heavy (non-hydrogen) atoms. The number of phenols is 2. The van der Waals surface area contributed by atoms with E-state index in [9.17, 15) is 15.0 Å². The van der Waals surface area contributed by atoms with Crippen molar-refractivity contribution in [2.45, 2.75) is 6.29 Å². The van der Waals surface area contributed by atoms with Crippen LogP contribution in [-0.2, 0) is 9.47 Å². The average Bonchev–Trinajstić information content (AvgIpc) is 3.18. The van der Waals surface area contributed by atoms with E-state index in [1.54, 1.807) is 66.7 Å². The highest BCUT2D eigenvalue weighted by atomic mass is 32.1. The number of carbonyl (C=O) groups is 1. The van der Waals surface area contributed by atoms with E-state index in [1.165, 1.54) is 25.6 Å². The van der Waals surface area contributed by atoms with E-state index in [4.69, 9.17) is 14.2 Å². The minimum atomic E-state index is -0.474. The van der Waals surface area contributed by atoms with E-state index in [2.05, 4.69) is 0 Å². The second kappa shape index (κ2) is 9.40. The largest absolute Gasteiger partial charge is 0.508 e. The van der Waals surface area contributed by atoms with E-state index >= 15 is 0 Å². The smallest absolute Gasteiger partial charge is 0.195 e. The van der Waals surface area contributed by atoms with Crippen molar-refractivity contribution in [2.75, 3.05) is 20.8 Å². The van der Waals surface area contributed by atoms with Crippen molar-refractivity contribution in [1.29, 1.82) is 0 Å². The third-order valence-corrected chi connectivity index (χ3v) is 6.26. The first-order valence-electron chi connectivity index (χ1n) is 9.88.